The van der Waals surface area contributed by atoms with Gasteiger partial charge in [0.25, 0.3) is 0 Å². The lowest BCUT2D eigenvalue weighted by atomic mass is 10.3. The molecule has 3 aromatic rings. The Morgan fingerprint density at radius 2 is 1.25 bits per heavy atom. The number of ether oxygens (including phenoxy) is 1. The van der Waals surface area contributed by atoms with Gasteiger partial charge in [-0.3, -0.25) is 0 Å². The third kappa shape index (κ3) is 8.14. The summed E-state index contributed by atoms with van der Waals surface area (Å²) in [6.45, 7) is 0. The van der Waals surface area contributed by atoms with Crippen molar-refractivity contribution in [1.29, 1.82) is 0 Å². The highest BCUT2D eigenvalue weighted by Crippen LogP contribution is 2.47. The third-order valence-electron chi connectivity index (χ3n) is 4.95. The van der Waals surface area contributed by atoms with Gasteiger partial charge >= 0.3 is 0 Å². The van der Waals surface area contributed by atoms with Gasteiger partial charge in [-0.15, -0.1) is 0 Å². The van der Waals surface area contributed by atoms with E-state index in [1.807, 2.05) is 73.5 Å². The quantitative estimate of drug-likeness (QED) is 0.120. The van der Waals surface area contributed by atoms with Gasteiger partial charge in [0.15, 0.2) is 5.90 Å². The van der Waals surface area contributed by atoms with Crippen LogP contribution in [-0.2, 0) is 4.74 Å². The molecule has 0 spiro atoms. The first-order valence-electron chi connectivity index (χ1n) is 10.9. The van der Waals surface area contributed by atoms with Crippen LogP contribution in [0.4, 0.5) is 5.69 Å². The number of hydrogen-bond acceptors (Lipinski definition) is 6. The number of aliphatic imine (C=N–C) groups is 1. The SMILES string of the molecule is c1ccc(/N=C(/CC(SSc2ccccc2)SSc2ccccc2)OC2CCCC2)cc1. The molecule has 0 heterocycles. The second-order valence-electron chi connectivity index (χ2n) is 7.48. The molecule has 0 bridgehead atoms. The minimum absolute atomic E-state index is 0.300. The fourth-order valence-electron chi connectivity index (χ4n) is 3.36. The zero-order valence-corrected chi connectivity index (χ0v) is 21.1. The molecule has 0 radical (unpaired) electrons. The van der Waals surface area contributed by atoms with Gasteiger partial charge in [-0.05, 0) is 62.1 Å². The van der Waals surface area contributed by atoms with Gasteiger partial charge in [0.2, 0.25) is 0 Å². The molecule has 0 N–H and O–H groups in total. The summed E-state index contributed by atoms with van der Waals surface area (Å²) >= 11 is 0. The molecular formula is C26H27NOS4. The highest BCUT2D eigenvalue weighted by molar-refractivity contribution is 8.85. The molecule has 1 aliphatic rings. The van der Waals surface area contributed by atoms with Crippen LogP contribution in [-0.4, -0.2) is 16.6 Å². The molecule has 1 aliphatic carbocycles. The topological polar surface area (TPSA) is 21.6 Å². The van der Waals surface area contributed by atoms with Crippen molar-refractivity contribution in [2.24, 2.45) is 4.99 Å². The average Bonchev–Trinajstić information content (AvgIpc) is 3.36. The molecule has 0 atom stereocenters. The molecule has 4 rings (SSSR count). The highest BCUT2D eigenvalue weighted by Gasteiger charge is 2.22. The number of nitrogens with zero attached hydrogens (tertiary/aromatic N) is 1. The Morgan fingerprint density at radius 3 is 1.78 bits per heavy atom. The Kier molecular flexibility index (Phi) is 9.83. The summed E-state index contributed by atoms with van der Waals surface area (Å²) in [5, 5.41) is 0. The van der Waals surface area contributed by atoms with Gasteiger partial charge < -0.3 is 4.74 Å². The fraction of sp³-hybridized carbons (Fsp3) is 0.269. The van der Waals surface area contributed by atoms with Crippen molar-refractivity contribution in [2.45, 2.75) is 52.6 Å². The summed E-state index contributed by atoms with van der Waals surface area (Å²) < 4.78 is 6.76. The first-order valence-corrected chi connectivity index (χ1v) is 15.3. The Balaban J connectivity index is 1.48. The van der Waals surface area contributed by atoms with Gasteiger partial charge in [0.1, 0.15) is 6.10 Å². The van der Waals surface area contributed by atoms with Crippen molar-refractivity contribution < 1.29 is 4.74 Å². The van der Waals surface area contributed by atoms with E-state index in [9.17, 15) is 0 Å². The maximum atomic E-state index is 6.45. The maximum absolute atomic E-state index is 6.45. The van der Waals surface area contributed by atoms with E-state index in [1.54, 1.807) is 0 Å². The summed E-state index contributed by atoms with van der Waals surface area (Å²) in [6, 6.07) is 31.3. The summed E-state index contributed by atoms with van der Waals surface area (Å²) in [5.74, 6) is 0.857. The van der Waals surface area contributed by atoms with Crippen LogP contribution in [0.2, 0.25) is 0 Å². The molecule has 3 aromatic carbocycles. The third-order valence-corrected chi connectivity index (χ3v) is 11.3. The van der Waals surface area contributed by atoms with E-state index in [0.717, 1.165) is 30.8 Å². The first kappa shape index (κ1) is 23.7. The predicted octanol–water partition coefficient (Wildman–Crippen LogP) is 9.27. The molecule has 0 saturated heterocycles. The lowest BCUT2D eigenvalue weighted by Gasteiger charge is -2.20. The predicted molar refractivity (Wildman–Crippen MR) is 145 cm³/mol. The van der Waals surface area contributed by atoms with Crippen molar-refractivity contribution in [3.05, 3.63) is 91.0 Å². The second-order valence-corrected chi connectivity index (χ2v) is 12.7. The summed E-state index contributed by atoms with van der Waals surface area (Å²) in [5.41, 5.74) is 0.959. The summed E-state index contributed by atoms with van der Waals surface area (Å²) in [4.78, 5) is 7.46. The van der Waals surface area contributed by atoms with Crippen LogP contribution in [0.15, 0.2) is 106 Å². The van der Waals surface area contributed by atoms with E-state index in [-0.39, 0.29) is 0 Å². The smallest absolute Gasteiger partial charge is 0.190 e. The van der Waals surface area contributed by atoms with Crippen molar-refractivity contribution in [3.63, 3.8) is 0 Å². The van der Waals surface area contributed by atoms with Crippen molar-refractivity contribution in [2.75, 3.05) is 0 Å². The molecular weight excluding hydrogens is 471 g/mol. The molecule has 166 valence electrons. The van der Waals surface area contributed by atoms with Crippen LogP contribution in [0.25, 0.3) is 0 Å². The summed E-state index contributed by atoms with van der Waals surface area (Å²) in [7, 11) is 7.43. The van der Waals surface area contributed by atoms with Crippen LogP contribution in [0.3, 0.4) is 0 Å². The van der Waals surface area contributed by atoms with Gasteiger partial charge in [-0.2, -0.15) is 0 Å². The van der Waals surface area contributed by atoms with Crippen LogP contribution in [0, 0.1) is 0 Å². The van der Waals surface area contributed by atoms with Crippen LogP contribution < -0.4 is 0 Å². The van der Waals surface area contributed by atoms with E-state index < -0.39 is 0 Å². The molecule has 6 heteroatoms. The van der Waals surface area contributed by atoms with Gasteiger partial charge in [-0.1, -0.05) is 97.8 Å². The molecule has 0 aliphatic heterocycles. The lowest BCUT2D eigenvalue weighted by molar-refractivity contribution is 0.191. The van der Waals surface area contributed by atoms with E-state index in [4.69, 9.17) is 9.73 Å². The number of rotatable bonds is 10. The Hall–Kier alpha value is -1.47. The number of hydrogen-bond donors (Lipinski definition) is 0. The van der Waals surface area contributed by atoms with E-state index in [2.05, 4.69) is 60.7 Å². The zero-order chi connectivity index (χ0) is 21.8. The zero-order valence-electron chi connectivity index (χ0n) is 17.8. The molecule has 0 aromatic heterocycles. The van der Waals surface area contributed by atoms with E-state index >= 15 is 0 Å². The lowest BCUT2D eigenvalue weighted by Crippen LogP contribution is -2.17. The normalized spacial score (nSPS) is 14.7. The van der Waals surface area contributed by atoms with Crippen LogP contribution in [0.1, 0.15) is 32.1 Å². The van der Waals surface area contributed by atoms with Crippen molar-refractivity contribution in [3.8, 4) is 0 Å². The van der Waals surface area contributed by atoms with Gasteiger partial charge in [0.05, 0.1) is 10.3 Å². The van der Waals surface area contributed by atoms with Crippen LogP contribution in [0.5, 0.6) is 0 Å². The Labute approximate surface area is 207 Å². The molecule has 0 amide bonds. The number of benzene rings is 3. The Morgan fingerprint density at radius 1 is 0.750 bits per heavy atom. The molecule has 32 heavy (non-hydrogen) atoms. The maximum Gasteiger partial charge on any atom is 0.190 e. The van der Waals surface area contributed by atoms with E-state index in [1.165, 1.54) is 22.6 Å². The van der Waals surface area contributed by atoms with Crippen molar-refractivity contribution >= 4 is 54.8 Å². The number of para-hydroxylation sites is 1. The molecule has 2 nitrogen and oxygen atoms in total. The minimum Gasteiger partial charge on any atom is -0.477 e. The van der Waals surface area contributed by atoms with Gasteiger partial charge in [-0.25, -0.2) is 4.99 Å². The molecule has 1 saturated carbocycles. The van der Waals surface area contributed by atoms with E-state index in [0.29, 0.717) is 10.7 Å². The second kappa shape index (κ2) is 13.3. The fourth-order valence-corrected chi connectivity index (χ4v) is 9.13. The average molecular weight is 498 g/mol. The monoisotopic (exact) mass is 497 g/mol. The first-order chi connectivity index (χ1) is 15.8. The Bertz CT molecular complexity index is 904. The minimum atomic E-state index is 0.300. The van der Waals surface area contributed by atoms with Crippen molar-refractivity contribution in [1.82, 2.24) is 0 Å². The standard InChI is InChI=1S/C26H27NOS4/c1-4-12-21(13-5-1)27-25(28-22-14-10-11-15-22)20-26(31-29-23-16-6-2-7-17-23)32-30-24-18-8-3-9-19-24/h1-9,12-13,16-19,22,26H,10-11,14-15,20H2/b27-25-. The molecule has 0 unspecified atom stereocenters. The molecule has 1 fully saturated rings. The highest BCUT2D eigenvalue weighted by atomic mass is 33.1. The summed E-state index contributed by atoms with van der Waals surface area (Å²) in [6.07, 6.45) is 5.87. The largest absolute Gasteiger partial charge is 0.477 e. The van der Waals surface area contributed by atoms with Gasteiger partial charge in [0, 0.05) is 16.2 Å². The van der Waals surface area contributed by atoms with Crippen LogP contribution >= 0.6 is 43.2 Å².